The number of hydrogen-bond acceptors (Lipinski definition) is 6. The largest absolute Gasteiger partial charge is 0.489 e. The zero-order valence-corrected chi connectivity index (χ0v) is 17.5. The summed E-state index contributed by atoms with van der Waals surface area (Å²) in [4.78, 5) is 21.1. The topological polar surface area (TPSA) is 97.2 Å². The smallest absolute Gasteiger partial charge is 0.231 e. The lowest BCUT2D eigenvalue weighted by molar-refractivity contribution is -0.117. The molecule has 5 rings (SSSR count). The maximum absolute atomic E-state index is 15.3. The molecule has 0 bridgehead atoms. The van der Waals surface area contributed by atoms with E-state index >= 15 is 4.39 Å². The highest BCUT2D eigenvalue weighted by Crippen LogP contribution is 2.43. The third-order valence-electron chi connectivity index (χ3n) is 5.15. The summed E-state index contributed by atoms with van der Waals surface area (Å²) in [6.45, 7) is 2.10. The summed E-state index contributed by atoms with van der Waals surface area (Å²) in [5.41, 5.74) is 2.04. The Labute approximate surface area is 179 Å². The number of aromatic nitrogens is 5. The molecule has 8 nitrogen and oxygen atoms in total. The lowest BCUT2D eigenvalue weighted by atomic mass is 10.1. The molecule has 2 atom stereocenters. The number of alkyl halides is 1. The number of nitrogens with zero attached hydrogens (tertiary/aromatic N) is 4. The minimum atomic E-state index is -1.08. The molecule has 0 spiro atoms. The van der Waals surface area contributed by atoms with Crippen molar-refractivity contribution in [2.75, 3.05) is 18.2 Å². The second-order valence-corrected chi connectivity index (χ2v) is 7.97. The van der Waals surface area contributed by atoms with Crippen molar-refractivity contribution >= 4 is 40.0 Å². The summed E-state index contributed by atoms with van der Waals surface area (Å²) < 4.78 is 35.6. The first-order valence-electron chi connectivity index (χ1n) is 9.67. The second kappa shape index (κ2) is 7.49. The van der Waals surface area contributed by atoms with Gasteiger partial charge in [0.05, 0.1) is 41.7 Å². The molecule has 1 fully saturated rings. The summed E-state index contributed by atoms with van der Waals surface area (Å²) in [7, 11) is 0. The number of anilines is 1. The van der Waals surface area contributed by atoms with Crippen LogP contribution >= 0.6 is 11.8 Å². The van der Waals surface area contributed by atoms with Gasteiger partial charge in [-0.1, -0.05) is 0 Å². The SMILES string of the molecule is CCOc1c(F)c(SC)c(-c2cn3cc(NC(=O)C4CC4F)nc3cn2)c2cn[nH]c12. The third kappa shape index (κ3) is 3.29. The van der Waals surface area contributed by atoms with Crippen molar-refractivity contribution in [3.63, 3.8) is 0 Å². The number of aromatic amines is 1. The monoisotopic (exact) mass is 444 g/mol. The molecule has 1 saturated carbocycles. The van der Waals surface area contributed by atoms with E-state index in [2.05, 4.69) is 25.5 Å². The number of H-pyrrole nitrogens is 1. The lowest BCUT2D eigenvalue weighted by Gasteiger charge is -2.14. The molecule has 11 heteroatoms. The van der Waals surface area contributed by atoms with Crippen LogP contribution in [0.15, 0.2) is 29.7 Å². The normalized spacial score (nSPS) is 17.9. The first kappa shape index (κ1) is 19.7. The van der Waals surface area contributed by atoms with E-state index in [4.69, 9.17) is 4.74 Å². The number of carbonyl (C=O) groups excluding carboxylic acids is 1. The fourth-order valence-electron chi connectivity index (χ4n) is 3.56. The summed E-state index contributed by atoms with van der Waals surface area (Å²) in [5, 5.41) is 10.2. The zero-order valence-electron chi connectivity index (χ0n) is 16.6. The van der Waals surface area contributed by atoms with Crippen LogP contribution in [-0.2, 0) is 4.79 Å². The van der Waals surface area contributed by atoms with Gasteiger partial charge in [0.2, 0.25) is 5.91 Å². The zero-order chi connectivity index (χ0) is 21.7. The molecule has 3 heterocycles. The Balaban J connectivity index is 1.60. The maximum Gasteiger partial charge on any atom is 0.231 e. The molecule has 1 aliphatic carbocycles. The molecule has 1 amide bonds. The van der Waals surface area contributed by atoms with Gasteiger partial charge in [0.1, 0.15) is 11.7 Å². The van der Waals surface area contributed by atoms with Crippen molar-refractivity contribution in [2.45, 2.75) is 24.4 Å². The van der Waals surface area contributed by atoms with Gasteiger partial charge in [-0.2, -0.15) is 5.10 Å². The van der Waals surface area contributed by atoms with E-state index in [1.807, 2.05) is 0 Å². The molecule has 4 aromatic rings. The summed E-state index contributed by atoms with van der Waals surface area (Å²) in [6.07, 6.45) is 7.40. The summed E-state index contributed by atoms with van der Waals surface area (Å²) >= 11 is 1.25. The third-order valence-corrected chi connectivity index (χ3v) is 5.94. The Morgan fingerprint density at radius 1 is 1.42 bits per heavy atom. The summed E-state index contributed by atoms with van der Waals surface area (Å²) in [6, 6.07) is 0. The van der Waals surface area contributed by atoms with Gasteiger partial charge in [0.25, 0.3) is 0 Å². The Bertz CT molecular complexity index is 1320. The maximum atomic E-state index is 15.3. The Kier molecular flexibility index (Phi) is 4.77. The van der Waals surface area contributed by atoms with Crippen molar-refractivity contribution in [2.24, 2.45) is 5.92 Å². The van der Waals surface area contributed by atoms with E-state index < -0.39 is 17.9 Å². The number of imidazole rings is 1. The van der Waals surface area contributed by atoms with Crippen molar-refractivity contribution in [1.29, 1.82) is 0 Å². The van der Waals surface area contributed by atoms with E-state index in [0.717, 1.165) is 0 Å². The molecule has 31 heavy (non-hydrogen) atoms. The standard InChI is InChI=1S/C20H18F2N6O2S/c1-3-30-18-16(22)19(31-2)15(10-5-24-27-17(10)18)12-7-28-8-13(25-14(28)6-23-12)26-20(29)9-4-11(9)21/h5-9,11H,3-4H2,1-2H3,(H,24,27)(H,26,29). The second-order valence-electron chi connectivity index (χ2n) is 7.15. The van der Waals surface area contributed by atoms with E-state index in [1.54, 1.807) is 36.2 Å². The number of amides is 1. The molecule has 2 unspecified atom stereocenters. The van der Waals surface area contributed by atoms with Crippen LogP contribution < -0.4 is 10.1 Å². The molecular weight excluding hydrogens is 426 g/mol. The molecule has 0 aliphatic heterocycles. The number of hydrogen-bond donors (Lipinski definition) is 2. The highest BCUT2D eigenvalue weighted by molar-refractivity contribution is 7.98. The predicted octanol–water partition coefficient (Wildman–Crippen LogP) is 3.83. The van der Waals surface area contributed by atoms with E-state index in [0.29, 0.717) is 45.1 Å². The van der Waals surface area contributed by atoms with Gasteiger partial charge in [-0.05, 0) is 19.6 Å². The number of fused-ring (bicyclic) bond motifs is 2. The van der Waals surface area contributed by atoms with Crippen LogP contribution in [0.25, 0.3) is 27.8 Å². The highest BCUT2D eigenvalue weighted by Gasteiger charge is 2.43. The number of ether oxygens (including phenoxy) is 1. The van der Waals surface area contributed by atoms with Gasteiger partial charge in [0.15, 0.2) is 23.0 Å². The fraction of sp³-hybridized carbons (Fsp3) is 0.300. The van der Waals surface area contributed by atoms with Crippen molar-refractivity contribution in [1.82, 2.24) is 24.6 Å². The molecule has 0 radical (unpaired) electrons. The van der Waals surface area contributed by atoms with Crippen LogP contribution in [0, 0.1) is 11.7 Å². The van der Waals surface area contributed by atoms with Crippen LogP contribution in [0.3, 0.4) is 0 Å². The van der Waals surface area contributed by atoms with Crippen molar-refractivity contribution < 1.29 is 18.3 Å². The van der Waals surface area contributed by atoms with Crippen LogP contribution in [-0.4, -0.2) is 49.5 Å². The highest BCUT2D eigenvalue weighted by atomic mass is 32.2. The Morgan fingerprint density at radius 3 is 2.94 bits per heavy atom. The number of rotatable bonds is 6. The van der Waals surface area contributed by atoms with E-state index in [1.165, 1.54) is 18.0 Å². The van der Waals surface area contributed by atoms with E-state index in [9.17, 15) is 9.18 Å². The average Bonchev–Trinajstić information content (AvgIpc) is 3.13. The van der Waals surface area contributed by atoms with E-state index in [-0.39, 0.29) is 18.1 Å². The number of halogens is 2. The molecule has 0 saturated heterocycles. The number of carbonyl (C=O) groups is 1. The number of nitrogens with one attached hydrogen (secondary N) is 2. The van der Waals surface area contributed by atoms with Crippen LogP contribution in [0.4, 0.5) is 14.6 Å². The first-order chi connectivity index (χ1) is 15.0. The summed E-state index contributed by atoms with van der Waals surface area (Å²) in [5.74, 6) is -1.04. The molecule has 1 aliphatic rings. The van der Waals surface area contributed by atoms with Gasteiger partial charge in [-0.25, -0.2) is 13.8 Å². The molecule has 1 aromatic carbocycles. The van der Waals surface area contributed by atoms with Gasteiger partial charge >= 0.3 is 0 Å². The van der Waals surface area contributed by atoms with Crippen LogP contribution in [0.1, 0.15) is 13.3 Å². The first-order valence-corrected chi connectivity index (χ1v) is 10.9. The van der Waals surface area contributed by atoms with Gasteiger partial charge in [-0.3, -0.25) is 14.9 Å². The molecule has 160 valence electrons. The van der Waals surface area contributed by atoms with Gasteiger partial charge in [-0.15, -0.1) is 11.8 Å². The molecular formula is C20H18F2N6O2S. The van der Waals surface area contributed by atoms with Crippen LogP contribution in [0.5, 0.6) is 5.75 Å². The quantitative estimate of drug-likeness (QED) is 0.439. The van der Waals surface area contributed by atoms with Gasteiger partial charge in [0, 0.05) is 17.1 Å². The minimum Gasteiger partial charge on any atom is -0.489 e. The lowest BCUT2D eigenvalue weighted by Crippen LogP contribution is -2.15. The minimum absolute atomic E-state index is 0.128. The van der Waals surface area contributed by atoms with Gasteiger partial charge < -0.3 is 14.5 Å². The average molecular weight is 444 g/mol. The fourth-order valence-corrected chi connectivity index (χ4v) is 4.25. The molecule has 3 aromatic heterocycles. The molecule has 2 N–H and O–H groups in total. The Hall–Kier alpha value is -3.21. The van der Waals surface area contributed by atoms with Crippen molar-refractivity contribution in [3.8, 4) is 17.0 Å². The van der Waals surface area contributed by atoms with Crippen LogP contribution in [0.2, 0.25) is 0 Å². The number of benzene rings is 1. The Morgan fingerprint density at radius 2 is 2.23 bits per heavy atom. The number of thioether (sulfide) groups is 1. The predicted molar refractivity (Wildman–Crippen MR) is 113 cm³/mol. The van der Waals surface area contributed by atoms with Crippen molar-refractivity contribution in [3.05, 3.63) is 30.6 Å².